The highest BCUT2D eigenvalue weighted by molar-refractivity contribution is 5.44. The Kier molecular flexibility index (Phi) is 4.80. The zero-order chi connectivity index (χ0) is 13.8. The second kappa shape index (κ2) is 6.37. The van der Waals surface area contributed by atoms with Gasteiger partial charge in [-0.1, -0.05) is 12.1 Å². The summed E-state index contributed by atoms with van der Waals surface area (Å²) in [5.41, 5.74) is 9.77. The molecule has 106 valence electrons. The zero-order valence-corrected chi connectivity index (χ0v) is 12.0. The van der Waals surface area contributed by atoms with E-state index in [4.69, 9.17) is 15.2 Å². The summed E-state index contributed by atoms with van der Waals surface area (Å²) in [5, 5.41) is 3.44. The number of methoxy groups -OCH3 is 1. The van der Waals surface area contributed by atoms with Gasteiger partial charge < -0.3 is 20.5 Å². The molecule has 0 aliphatic carbocycles. The van der Waals surface area contributed by atoms with Crippen LogP contribution in [0.5, 0.6) is 5.75 Å². The third kappa shape index (κ3) is 3.47. The van der Waals surface area contributed by atoms with Crippen molar-refractivity contribution in [3.63, 3.8) is 0 Å². The van der Waals surface area contributed by atoms with Crippen LogP contribution in [0.4, 0.5) is 0 Å². The number of benzene rings is 1. The molecule has 19 heavy (non-hydrogen) atoms. The van der Waals surface area contributed by atoms with E-state index in [-0.39, 0.29) is 6.04 Å². The summed E-state index contributed by atoms with van der Waals surface area (Å²) in [4.78, 5) is 0. The lowest BCUT2D eigenvalue weighted by Crippen LogP contribution is -2.42. The van der Waals surface area contributed by atoms with Crippen molar-refractivity contribution < 1.29 is 9.47 Å². The van der Waals surface area contributed by atoms with E-state index in [0.29, 0.717) is 6.04 Å². The minimum Gasteiger partial charge on any atom is -0.496 e. The Morgan fingerprint density at radius 3 is 2.63 bits per heavy atom. The van der Waals surface area contributed by atoms with Gasteiger partial charge in [-0.05, 0) is 37.0 Å². The smallest absolute Gasteiger partial charge is 0.124 e. The van der Waals surface area contributed by atoms with Crippen LogP contribution in [0.15, 0.2) is 12.1 Å². The molecule has 0 spiro atoms. The molecule has 4 heteroatoms. The van der Waals surface area contributed by atoms with Crippen LogP contribution in [0.25, 0.3) is 0 Å². The number of morpholine rings is 1. The predicted molar refractivity (Wildman–Crippen MR) is 76.6 cm³/mol. The van der Waals surface area contributed by atoms with Crippen molar-refractivity contribution in [3.8, 4) is 5.75 Å². The fraction of sp³-hybridized carbons (Fsp3) is 0.600. The standard InChI is InChI=1S/C15H24N2O2/c1-10-6-12(7-11(2)15(10)18-3)14(16)8-13-9-19-5-4-17-13/h6-7,13-14,17H,4-5,8-9,16H2,1-3H3. The molecule has 1 aromatic carbocycles. The van der Waals surface area contributed by atoms with Gasteiger partial charge in [-0.25, -0.2) is 0 Å². The van der Waals surface area contributed by atoms with Gasteiger partial charge >= 0.3 is 0 Å². The Bertz CT molecular complexity index is 405. The van der Waals surface area contributed by atoms with Crippen LogP contribution >= 0.6 is 0 Å². The van der Waals surface area contributed by atoms with Gasteiger partial charge in [-0.15, -0.1) is 0 Å². The second-order valence-electron chi connectivity index (χ2n) is 5.26. The first-order chi connectivity index (χ1) is 9.11. The van der Waals surface area contributed by atoms with Gasteiger partial charge in [-0.2, -0.15) is 0 Å². The molecular weight excluding hydrogens is 240 g/mol. The number of nitrogens with two attached hydrogens (primary N) is 1. The summed E-state index contributed by atoms with van der Waals surface area (Å²) in [5.74, 6) is 0.954. The minimum atomic E-state index is 0.0301. The Morgan fingerprint density at radius 1 is 1.42 bits per heavy atom. The zero-order valence-electron chi connectivity index (χ0n) is 12.0. The van der Waals surface area contributed by atoms with Crippen molar-refractivity contribution in [3.05, 3.63) is 28.8 Å². The Morgan fingerprint density at radius 2 is 2.11 bits per heavy atom. The van der Waals surface area contributed by atoms with Crippen molar-refractivity contribution in [2.24, 2.45) is 5.73 Å². The normalized spacial score (nSPS) is 21.2. The first-order valence-electron chi connectivity index (χ1n) is 6.83. The summed E-state index contributed by atoms with van der Waals surface area (Å²) >= 11 is 0. The van der Waals surface area contributed by atoms with Gasteiger partial charge in [0.2, 0.25) is 0 Å². The SMILES string of the molecule is COc1c(C)cc(C(N)CC2COCCN2)cc1C. The van der Waals surface area contributed by atoms with Gasteiger partial charge in [0.15, 0.2) is 0 Å². The van der Waals surface area contributed by atoms with Crippen LogP contribution in [0.1, 0.15) is 29.2 Å². The molecule has 0 saturated carbocycles. The van der Waals surface area contributed by atoms with Crippen molar-refractivity contribution in [2.45, 2.75) is 32.4 Å². The van der Waals surface area contributed by atoms with Crippen molar-refractivity contribution >= 4 is 0 Å². The number of nitrogens with one attached hydrogen (secondary N) is 1. The highest BCUT2D eigenvalue weighted by atomic mass is 16.5. The van der Waals surface area contributed by atoms with E-state index >= 15 is 0 Å². The molecule has 4 nitrogen and oxygen atoms in total. The molecule has 0 radical (unpaired) electrons. The Hall–Kier alpha value is -1.10. The lowest BCUT2D eigenvalue weighted by atomic mass is 9.96. The molecule has 0 aromatic heterocycles. The maximum Gasteiger partial charge on any atom is 0.124 e. The van der Waals surface area contributed by atoms with Crippen molar-refractivity contribution in [2.75, 3.05) is 26.9 Å². The lowest BCUT2D eigenvalue weighted by Gasteiger charge is -2.26. The highest BCUT2D eigenvalue weighted by Gasteiger charge is 2.18. The minimum absolute atomic E-state index is 0.0301. The summed E-state index contributed by atoms with van der Waals surface area (Å²) in [7, 11) is 1.71. The summed E-state index contributed by atoms with van der Waals surface area (Å²) < 4.78 is 10.9. The van der Waals surface area contributed by atoms with Crippen LogP contribution in [-0.4, -0.2) is 32.9 Å². The Balaban J connectivity index is 2.08. The molecule has 1 fully saturated rings. The molecule has 2 rings (SSSR count). The van der Waals surface area contributed by atoms with Gasteiger partial charge in [0.25, 0.3) is 0 Å². The highest BCUT2D eigenvalue weighted by Crippen LogP contribution is 2.28. The maximum atomic E-state index is 6.32. The summed E-state index contributed by atoms with van der Waals surface area (Å²) in [6.07, 6.45) is 0.894. The van der Waals surface area contributed by atoms with E-state index in [1.54, 1.807) is 7.11 Å². The van der Waals surface area contributed by atoms with E-state index in [1.165, 1.54) is 5.56 Å². The largest absolute Gasteiger partial charge is 0.496 e. The van der Waals surface area contributed by atoms with Crippen molar-refractivity contribution in [1.82, 2.24) is 5.32 Å². The molecule has 0 bridgehead atoms. The van der Waals surface area contributed by atoms with E-state index in [1.807, 2.05) is 0 Å². The number of hydrogen-bond acceptors (Lipinski definition) is 4. The quantitative estimate of drug-likeness (QED) is 0.869. The van der Waals surface area contributed by atoms with E-state index in [2.05, 4.69) is 31.3 Å². The average Bonchev–Trinajstić information content (AvgIpc) is 2.39. The number of ether oxygens (including phenoxy) is 2. The number of aryl methyl sites for hydroxylation is 2. The molecule has 3 N–H and O–H groups in total. The second-order valence-corrected chi connectivity index (χ2v) is 5.26. The third-order valence-electron chi connectivity index (χ3n) is 3.65. The van der Waals surface area contributed by atoms with Crippen LogP contribution in [-0.2, 0) is 4.74 Å². The van der Waals surface area contributed by atoms with Crippen LogP contribution in [0.2, 0.25) is 0 Å². The van der Waals surface area contributed by atoms with E-state index in [9.17, 15) is 0 Å². The number of hydrogen-bond donors (Lipinski definition) is 2. The van der Waals surface area contributed by atoms with Crippen molar-refractivity contribution in [1.29, 1.82) is 0 Å². The lowest BCUT2D eigenvalue weighted by molar-refractivity contribution is 0.0720. The number of rotatable bonds is 4. The van der Waals surface area contributed by atoms with Gasteiger partial charge in [-0.3, -0.25) is 0 Å². The fourth-order valence-corrected chi connectivity index (χ4v) is 2.73. The topological polar surface area (TPSA) is 56.5 Å². The third-order valence-corrected chi connectivity index (χ3v) is 3.65. The van der Waals surface area contributed by atoms with Gasteiger partial charge in [0.05, 0.1) is 20.3 Å². The molecule has 1 aliphatic rings. The molecular formula is C15H24N2O2. The predicted octanol–water partition coefficient (Wildman–Crippen LogP) is 1.69. The van der Waals surface area contributed by atoms with Crippen LogP contribution < -0.4 is 15.8 Å². The summed E-state index contributed by atoms with van der Waals surface area (Å²) in [6.45, 7) is 6.58. The molecule has 2 atom stereocenters. The monoisotopic (exact) mass is 264 g/mol. The Labute approximate surface area is 115 Å². The fourth-order valence-electron chi connectivity index (χ4n) is 2.73. The molecule has 0 amide bonds. The molecule has 2 unspecified atom stereocenters. The van der Waals surface area contributed by atoms with Crippen LogP contribution in [0, 0.1) is 13.8 Å². The first kappa shape index (κ1) is 14.3. The molecule has 1 aromatic rings. The van der Waals surface area contributed by atoms with Gasteiger partial charge in [0.1, 0.15) is 5.75 Å². The van der Waals surface area contributed by atoms with E-state index in [0.717, 1.165) is 43.1 Å². The molecule has 1 aliphatic heterocycles. The summed E-state index contributed by atoms with van der Waals surface area (Å²) in [6, 6.07) is 4.63. The van der Waals surface area contributed by atoms with Gasteiger partial charge in [0, 0.05) is 18.6 Å². The maximum absolute atomic E-state index is 6.32. The van der Waals surface area contributed by atoms with E-state index < -0.39 is 0 Å². The van der Waals surface area contributed by atoms with Crippen LogP contribution in [0.3, 0.4) is 0 Å². The molecule has 1 saturated heterocycles. The first-order valence-corrected chi connectivity index (χ1v) is 6.83. The molecule has 1 heterocycles. The average molecular weight is 264 g/mol.